The second-order valence-electron chi connectivity index (χ2n) is 7.37. The van der Waals surface area contributed by atoms with Gasteiger partial charge in [-0.1, -0.05) is 18.2 Å². The van der Waals surface area contributed by atoms with Gasteiger partial charge in [0.2, 0.25) is 0 Å². The van der Waals surface area contributed by atoms with Crippen LogP contribution in [0.25, 0.3) is 0 Å². The van der Waals surface area contributed by atoms with E-state index in [0.29, 0.717) is 11.1 Å². The van der Waals surface area contributed by atoms with Crippen LogP contribution < -0.4 is 0 Å². The Morgan fingerprint density at radius 1 is 0.676 bits per heavy atom. The summed E-state index contributed by atoms with van der Waals surface area (Å²) in [5.41, 5.74) is 1.42. The minimum absolute atomic E-state index is 0.130. The lowest BCUT2D eigenvalue weighted by atomic mass is 10.0. The van der Waals surface area contributed by atoms with Crippen LogP contribution in [0.2, 0.25) is 0 Å². The van der Waals surface area contributed by atoms with Crippen LogP contribution in [0.4, 0.5) is 11.4 Å². The smallest absolute Gasteiger partial charge is 0.338 e. The summed E-state index contributed by atoms with van der Waals surface area (Å²) in [4.78, 5) is 45.2. The van der Waals surface area contributed by atoms with E-state index in [0.717, 1.165) is 0 Å². The molecule has 0 saturated heterocycles. The molecule has 174 valence electrons. The third-order valence-corrected chi connectivity index (χ3v) is 5.04. The molecule has 0 amide bonds. The van der Waals surface area contributed by atoms with Crippen molar-refractivity contribution in [3.63, 3.8) is 0 Å². The maximum Gasteiger partial charge on any atom is 0.338 e. The van der Waals surface area contributed by atoms with Gasteiger partial charge in [0.05, 0.1) is 21.0 Å². The van der Waals surface area contributed by atoms with Gasteiger partial charge in [-0.3, -0.25) is 20.2 Å². The lowest BCUT2D eigenvalue weighted by molar-refractivity contribution is -0.385. The molecular weight excluding hydrogens is 444 g/mol. The van der Waals surface area contributed by atoms with E-state index in [1.165, 1.54) is 48.5 Å². The molecule has 3 rings (SSSR count). The van der Waals surface area contributed by atoms with Crippen LogP contribution in [-0.4, -0.2) is 21.8 Å². The quantitative estimate of drug-likeness (QED) is 0.247. The Kier molecular flexibility index (Phi) is 7.32. The number of nitro benzene ring substituents is 2. The molecule has 0 bridgehead atoms. The summed E-state index contributed by atoms with van der Waals surface area (Å²) in [6.07, 6.45) is -1.28. The van der Waals surface area contributed by atoms with Crippen LogP contribution in [0.3, 0.4) is 0 Å². The van der Waals surface area contributed by atoms with Gasteiger partial charge in [0.15, 0.2) is 0 Å². The van der Waals surface area contributed by atoms with E-state index >= 15 is 0 Å². The largest absolute Gasteiger partial charge is 0.454 e. The fourth-order valence-corrected chi connectivity index (χ4v) is 3.10. The van der Waals surface area contributed by atoms with Crippen molar-refractivity contribution in [1.82, 2.24) is 0 Å². The highest BCUT2D eigenvalue weighted by Crippen LogP contribution is 2.25. The number of carbonyl (C=O) groups is 2. The molecule has 2 atom stereocenters. The van der Waals surface area contributed by atoms with E-state index in [4.69, 9.17) is 9.47 Å². The fourth-order valence-electron chi connectivity index (χ4n) is 3.10. The van der Waals surface area contributed by atoms with E-state index in [-0.39, 0.29) is 22.5 Å². The summed E-state index contributed by atoms with van der Waals surface area (Å²) in [5.74, 6) is -1.27. The predicted octanol–water partition coefficient (Wildman–Crippen LogP) is 5.34. The summed E-state index contributed by atoms with van der Waals surface area (Å²) in [7, 11) is 0. The Balaban J connectivity index is 1.65. The van der Waals surface area contributed by atoms with Gasteiger partial charge in [-0.05, 0) is 55.3 Å². The number of carbonyl (C=O) groups excluding carboxylic acids is 2. The molecule has 0 heterocycles. The first-order valence-corrected chi connectivity index (χ1v) is 10.2. The molecule has 0 aliphatic rings. The third kappa shape index (κ3) is 5.80. The van der Waals surface area contributed by atoms with Crippen LogP contribution >= 0.6 is 0 Å². The summed E-state index contributed by atoms with van der Waals surface area (Å²) in [6, 6.07) is 17.2. The summed E-state index contributed by atoms with van der Waals surface area (Å²) in [5, 5.41) is 21.5. The molecule has 3 aromatic rings. The van der Waals surface area contributed by atoms with Crippen molar-refractivity contribution in [2.24, 2.45) is 0 Å². The number of nitrogens with zero attached hydrogens (tertiary/aromatic N) is 2. The molecule has 3 aromatic carbocycles. The first kappa shape index (κ1) is 24.1. The lowest BCUT2D eigenvalue weighted by Crippen LogP contribution is -2.11. The zero-order valence-corrected chi connectivity index (χ0v) is 18.2. The number of hydrogen-bond donors (Lipinski definition) is 0. The molecule has 0 spiro atoms. The van der Waals surface area contributed by atoms with E-state index in [1.54, 1.807) is 38.1 Å². The number of benzene rings is 3. The molecule has 0 radical (unpaired) electrons. The maximum atomic E-state index is 12.4. The average Bonchev–Trinajstić information content (AvgIpc) is 2.84. The molecule has 0 aliphatic heterocycles. The molecule has 0 saturated carbocycles. The summed E-state index contributed by atoms with van der Waals surface area (Å²) >= 11 is 0. The van der Waals surface area contributed by atoms with Crippen molar-refractivity contribution in [3.05, 3.63) is 115 Å². The van der Waals surface area contributed by atoms with E-state index < -0.39 is 34.0 Å². The van der Waals surface area contributed by atoms with Crippen LogP contribution in [-0.2, 0) is 9.47 Å². The number of ether oxygens (including phenoxy) is 2. The average molecular weight is 464 g/mol. The molecule has 0 N–H and O–H groups in total. The van der Waals surface area contributed by atoms with Gasteiger partial charge in [0.1, 0.15) is 12.2 Å². The Morgan fingerprint density at radius 2 is 1.03 bits per heavy atom. The zero-order valence-electron chi connectivity index (χ0n) is 18.2. The Morgan fingerprint density at radius 3 is 1.35 bits per heavy atom. The first-order chi connectivity index (χ1) is 16.2. The van der Waals surface area contributed by atoms with Crippen molar-refractivity contribution < 1.29 is 28.9 Å². The molecule has 0 aromatic heterocycles. The Bertz CT molecular complexity index is 1130. The highest BCUT2D eigenvalue weighted by atomic mass is 16.6. The molecule has 0 aliphatic carbocycles. The minimum Gasteiger partial charge on any atom is -0.454 e. The van der Waals surface area contributed by atoms with Crippen molar-refractivity contribution in [3.8, 4) is 0 Å². The SMILES string of the molecule is C[C@H](OC(=O)c1ccc([N+](=O)[O-])cc1)c1cccc([C@@H](C)OC(=O)c2ccc([N+](=O)[O-])cc2)c1. The monoisotopic (exact) mass is 464 g/mol. The topological polar surface area (TPSA) is 139 Å². The zero-order chi connectivity index (χ0) is 24.8. The van der Waals surface area contributed by atoms with Gasteiger partial charge < -0.3 is 9.47 Å². The van der Waals surface area contributed by atoms with Gasteiger partial charge in [-0.25, -0.2) is 9.59 Å². The van der Waals surface area contributed by atoms with Crippen molar-refractivity contribution >= 4 is 23.3 Å². The van der Waals surface area contributed by atoms with Gasteiger partial charge in [-0.15, -0.1) is 0 Å². The van der Waals surface area contributed by atoms with Gasteiger partial charge in [0, 0.05) is 24.3 Å². The van der Waals surface area contributed by atoms with E-state index in [9.17, 15) is 29.8 Å². The third-order valence-electron chi connectivity index (χ3n) is 5.04. The predicted molar refractivity (Wildman–Crippen MR) is 120 cm³/mol. The van der Waals surface area contributed by atoms with E-state index in [2.05, 4.69) is 0 Å². The van der Waals surface area contributed by atoms with Crippen molar-refractivity contribution in [2.75, 3.05) is 0 Å². The lowest BCUT2D eigenvalue weighted by Gasteiger charge is -2.18. The fraction of sp³-hybridized carbons (Fsp3) is 0.167. The van der Waals surface area contributed by atoms with Gasteiger partial charge in [0.25, 0.3) is 11.4 Å². The second kappa shape index (κ2) is 10.3. The van der Waals surface area contributed by atoms with Crippen molar-refractivity contribution in [1.29, 1.82) is 0 Å². The van der Waals surface area contributed by atoms with Crippen LogP contribution in [0.1, 0.15) is 57.9 Å². The number of hydrogen-bond acceptors (Lipinski definition) is 8. The van der Waals surface area contributed by atoms with E-state index in [1.807, 2.05) is 0 Å². The number of nitro groups is 2. The van der Waals surface area contributed by atoms with Gasteiger partial charge in [-0.2, -0.15) is 0 Å². The second-order valence-corrected chi connectivity index (χ2v) is 7.37. The molecule has 34 heavy (non-hydrogen) atoms. The highest BCUT2D eigenvalue weighted by Gasteiger charge is 2.19. The summed E-state index contributed by atoms with van der Waals surface area (Å²) in [6.45, 7) is 3.35. The minimum atomic E-state index is -0.639. The number of rotatable bonds is 8. The summed E-state index contributed by atoms with van der Waals surface area (Å²) < 4.78 is 10.9. The van der Waals surface area contributed by atoms with Crippen LogP contribution in [0, 0.1) is 20.2 Å². The normalized spacial score (nSPS) is 12.3. The molecule has 0 fully saturated rings. The molecular formula is C24H20N2O8. The Labute approximate surface area is 194 Å². The first-order valence-electron chi connectivity index (χ1n) is 10.2. The molecule has 10 nitrogen and oxygen atoms in total. The molecule has 0 unspecified atom stereocenters. The van der Waals surface area contributed by atoms with Gasteiger partial charge >= 0.3 is 11.9 Å². The highest BCUT2D eigenvalue weighted by molar-refractivity contribution is 5.90. The van der Waals surface area contributed by atoms with Crippen LogP contribution in [0.5, 0.6) is 0 Å². The standard InChI is InChI=1S/C24H20N2O8/c1-15(33-23(27)17-6-10-21(11-7-17)25(29)30)19-4-3-5-20(14-19)16(2)34-24(28)18-8-12-22(13-9-18)26(31)32/h3-16H,1-2H3/t15-,16+. The number of esters is 2. The van der Waals surface area contributed by atoms with Crippen LogP contribution in [0.15, 0.2) is 72.8 Å². The molecule has 10 heteroatoms. The number of non-ortho nitro benzene ring substituents is 2. The van der Waals surface area contributed by atoms with Crippen molar-refractivity contribution in [2.45, 2.75) is 26.1 Å². The Hall–Kier alpha value is -4.60. The maximum absolute atomic E-state index is 12.4.